The summed E-state index contributed by atoms with van der Waals surface area (Å²) < 4.78 is 27.7. The van der Waals surface area contributed by atoms with Crippen molar-refractivity contribution in [3.8, 4) is 5.75 Å². The predicted molar refractivity (Wildman–Crippen MR) is 104 cm³/mol. The first kappa shape index (κ1) is 18.5. The molecule has 0 atom stereocenters. The number of nitrogens with one attached hydrogen (secondary N) is 2. The fourth-order valence-electron chi connectivity index (χ4n) is 2.51. The Kier molecular flexibility index (Phi) is 5.14. The summed E-state index contributed by atoms with van der Waals surface area (Å²) in [5.74, 6) is -0.459. The van der Waals surface area contributed by atoms with Crippen molar-refractivity contribution >= 4 is 27.3 Å². The summed E-state index contributed by atoms with van der Waals surface area (Å²) in [6, 6.07) is 18.8. The van der Waals surface area contributed by atoms with E-state index >= 15 is 0 Å². The Morgan fingerprint density at radius 1 is 0.889 bits per heavy atom. The highest BCUT2D eigenvalue weighted by Crippen LogP contribution is 2.20. The summed E-state index contributed by atoms with van der Waals surface area (Å²) in [7, 11) is -3.84. The van der Waals surface area contributed by atoms with E-state index in [9.17, 15) is 18.3 Å². The second-order valence-corrected chi connectivity index (χ2v) is 7.69. The Labute approximate surface area is 157 Å². The van der Waals surface area contributed by atoms with Gasteiger partial charge in [-0.3, -0.25) is 9.52 Å². The monoisotopic (exact) mass is 382 g/mol. The van der Waals surface area contributed by atoms with E-state index in [2.05, 4.69) is 10.0 Å². The number of rotatable bonds is 5. The van der Waals surface area contributed by atoms with Crippen LogP contribution in [0.4, 0.5) is 11.4 Å². The third-order valence-corrected chi connectivity index (χ3v) is 5.16. The van der Waals surface area contributed by atoms with Gasteiger partial charge in [0.05, 0.1) is 4.90 Å². The first-order chi connectivity index (χ1) is 12.8. The number of anilines is 2. The first-order valence-corrected chi connectivity index (χ1v) is 9.62. The molecule has 138 valence electrons. The molecule has 0 fully saturated rings. The fourth-order valence-corrected chi connectivity index (χ4v) is 3.61. The zero-order valence-electron chi connectivity index (χ0n) is 14.5. The number of benzene rings is 3. The summed E-state index contributed by atoms with van der Waals surface area (Å²) in [5, 5.41) is 12.1. The van der Waals surface area contributed by atoms with Crippen LogP contribution in [0.25, 0.3) is 0 Å². The number of aryl methyl sites for hydroxylation is 1. The van der Waals surface area contributed by atoms with Crippen molar-refractivity contribution < 1.29 is 18.3 Å². The van der Waals surface area contributed by atoms with Crippen LogP contribution in [-0.2, 0) is 10.0 Å². The molecule has 27 heavy (non-hydrogen) atoms. The highest BCUT2D eigenvalue weighted by molar-refractivity contribution is 7.92. The number of aromatic hydroxyl groups is 1. The van der Waals surface area contributed by atoms with Gasteiger partial charge >= 0.3 is 0 Å². The number of phenolic OH excluding ortho intramolecular Hbond substituents is 1. The smallest absolute Gasteiger partial charge is 0.261 e. The lowest BCUT2D eigenvalue weighted by Crippen LogP contribution is -2.16. The molecule has 3 rings (SSSR count). The van der Waals surface area contributed by atoms with Gasteiger partial charge in [-0.2, -0.15) is 0 Å². The van der Waals surface area contributed by atoms with Crippen molar-refractivity contribution in [2.45, 2.75) is 11.8 Å². The van der Waals surface area contributed by atoms with E-state index in [4.69, 9.17) is 0 Å². The molecule has 7 heteroatoms. The molecule has 1 amide bonds. The zero-order chi connectivity index (χ0) is 19.4. The topological polar surface area (TPSA) is 95.5 Å². The molecule has 3 aromatic rings. The van der Waals surface area contributed by atoms with Gasteiger partial charge in [-0.15, -0.1) is 0 Å². The second kappa shape index (κ2) is 7.51. The quantitative estimate of drug-likeness (QED) is 0.626. The van der Waals surface area contributed by atoms with Crippen LogP contribution < -0.4 is 10.0 Å². The molecule has 0 aliphatic heterocycles. The molecule has 3 N–H and O–H groups in total. The van der Waals surface area contributed by atoms with Gasteiger partial charge < -0.3 is 10.4 Å². The molecule has 0 aromatic heterocycles. The molecule has 0 aliphatic rings. The van der Waals surface area contributed by atoms with Crippen LogP contribution in [0.3, 0.4) is 0 Å². The van der Waals surface area contributed by atoms with E-state index in [0.717, 1.165) is 5.56 Å². The normalized spacial score (nSPS) is 11.0. The minimum atomic E-state index is -3.84. The largest absolute Gasteiger partial charge is 0.508 e. The summed E-state index contributed by atoms with van der Waals surface area (Å²) in [4.78, 5) is 12.4. The number of carbonyl (C=O) groups excluding carboxylic acids is 1. The van der Waals surface area contributed by atoms with Crippen LogP contribution in [0.2, 0.25) is 0 Å². The number of hydrogen-bond donors (Lipinski definition) is 3. The van der Waals surface area contributed by atoms with Crippen LogP contribution in [0.5, 0.6) is 5.75 Å². The summed E-state index contributed by atoms with van der Waals surface area (Å²) in [5.41, 5.74) is 1.97. The fraction of sp³-hybridized carbons (Fsp3) is 0.0500. The van der Waals surface area contributed by atoms with Crippen LogP contribution >= 0.6 is 0 Å². The van der Waals surface area contributed by atoms with Gasteiger partial charge in [0.1, 0.15) is 5.75 Å². The Morgan fingerprint density at radius 3 is 2.33 bits per heavy atom. The summed E-state index contributed by atoms with van der Waals surface area (Å²) in [6.07, 6.45) is 0. The average molecular weight is 382 g/mol. The molecular weight excluding hydrogens is 364 g/mol. The van der Waals surface area contributed by atoms with Crippen LogP contribution in [0.1, 0.15) is 15.9 Å². The van der Waals surface area contributed by atoms with Gasteiger partial charge in [0.2, 0.25) is 0 Å². The van der Waals surface area contributed by atoms with Gasteiger partial charge in [-0.25, -0.2) is 8.42 Å². The SMILES string of the molecule is Cc1cccc(NS(=O)(=O)c2cccc(C(=O)Nc3cccc(O)c3)c2)c1. The van der Waals surface area contributed by atoms with Gasteiger partial charge in [-0.1, -0.05) is 24.3 Å². The summed E-state index contributed by atoms with van der Waals surface area (Å²) >= 11 is 0. The maximum absolute atomic E-state index is 12.6. The minimum Gasteiger partial charge on any atom is -0.508 e. The maximum Gasteiger partial charge on any atom is 0.261 e. The van der Waals surface area contributed by atoms with E-state index in [1.807, 2.05) is 13.0 Å². The van der Waals surface area contributed by atoms with Crippen molar-refractivity contribution in [1.29, 1.82) is 0 Å². The average Bonchev–Trinajstić information content (AvgIpc) is 2.61. The molecule has 0 heterocycles. The molecule has 0 saturated carbocycles. The molecule has 0 saturated heterocycles. The Hall–Kier alpha value is -3.32. The van der Waals surface area contributed by atoms with Crippen molar-refractivity contribution in [2.75, 3.05) is 10.0 Å². The molecule has 0 radical (unpaired) electrons. The van der Waals surface area contributed by atoms with E-state index in [1.165, 1.54) is 36.4 Å². The Balaban J connectivity index is 1.82. The number of carbonyl (C=O) groups is 1. The van der Waals surface area contributed by atoms with Crippen molar-refractivity contribution in [3.05, 3.63) is 83.9 Å². The minimum absolute atomic E-state index is 0.0199. The molecule has 0 bridgehead atoms. The Morgan fingerprint density at radius 2 is 1.59 bits per heavy atom. The number of hydrogen-bond acceptors (Lipinski definition) is 4. The van der Waals surface area contributed by atoms with Crippen molar-refractivity contribution in [1.82, 2.24) is 0 Å². The van der Waals surface area contributed by atoms with E-state index in [-0.39, 0.29) is 16.2 Å². The molecule has 6 nitrogen and oxygen atoms in total. The van der Waals surface area contributed by atoms with E-state index in [0.29, 0.717) is 11.4 Å². The highest BCUT2D eigenvalue weighted by Gasteiger charge is 2.17. The van der Waals surface area contributed by atoms with Crippen molar-refractivity contribution in [3.63, 3.8) is 0 Å². The van der Waals surface area contributed by atoms with Gasteiger partial charge in [0.25, 0.3) is 15.9 Å². The maximum atomic E-state index is 12.6. The van der Waals surface area contributed by atoms with Gasteiger partial charge in [0, 0.05) is 23.0 Å². The standard InChI is InChI=1S/C20H18N2O4S/c1-14-5-2-8-17(11-14)22-27(25,26)19-10-3-6-15(12-19)20(24)21-16-7-4-9-18(23)13-16/h2-13,22-23H,1H3,(H,21,24). The van der Waals surface area contributed by atoms with E-state index in [1.54, 1.807) is 30.3 Å². The molecule has 0 aliphatic carbocycles. The molecule has 0 spiro atoms. The lowest BCUT2D eigenvalue weighted by molar-refractivity contribution is 0.102. The molecule has 0 unspecified atom stereocenters. The van der Waals surface area contributed by atoms with Crippen LogP contribution in [0, 0.1) is 6.92 Å². The van der Waals surface area contributed by atoms with E-state index < -0.39 is 15.9 Å². The number of amides is 1. The number of phenols is 1. The second-order valence-electron chi connectivity index (χ2n) is 6.01. The first-order valence-electron chi connectivity index (χ1n) is 8.13. The molecular formula is C20H18N2O4S. The number of sulfonamides is 1. The zero-order valence-corrected chi connectivity index (χ0v) is 15.3. The van der Waals surface area contributed by atoms with Crippen LogP contribution in [-0.4, -0.2) is 19.4 Å². The van der Waals surface area contributed by atoms with Crippen molar-refractivity contribution in [2.24, 2.45) is 0 Å². The van der Waals surface area contributed by atoms with Gasteiger partial charge in [0.15, 0.2) is 0 Å². The highest BCUT2D eigenvalue weighted by atomic mass is 32.2. The van der Waals surface area contributed by atoms with Gasteiger partial charge in [-0.05, 0) is 55.0 Å². The Bertz CT molecular complexity index is 1090. The third-order valence-electron chi connectivity index (χ3n) is 3.78. The third kappa shape index (κ3) is 4.65. The summed E-state index contributed by atoms with van der Waals surface area (Å²) in [6.45, 7) is 1.87. The predicted octanol–water partition coefficient (Wildman–Crippen LogP) is 3.75. The lowest BCUT2D eigenvalue weighted by atomic mass is 10.2. The molecule has 3 aromatic carbocycles. The van der Waals surface area contributed by atoms with Crippen LogP contribution in [0.15, 0.2) is 77.7 Å². The lowest BCUT2D eigenvalue weighted by Gasteiger charge is -2.10.